The number of aliphatic imine (C=N–C) groups is 1. The van der Waals surface area contributed by atoms with Gasteiger partial charge in [-0.2, -0.15) is 0 Å². The standard InChI is InChI=1S/C23H37N3O3.HI/c1-24-23(25-11-5-13-28-17-21-9-14-27-15-10-21)26-12-8-22(16-26)19-29-18-20-6-3-2-4-7-20;/h2-4,6-7,21-22H,5,8-19H2,1H3,(H,24,25);1H. The predicted molar refractivity (Wildman–Crippen MR) is 132 cm³/mol. The van der Waals surface area contributed by atoms with Crippen LogP contribution in [-0.4, -0.2) is 70.6 Å². The van der Waals surface area contributed by atoms with Gasteiger partial charge in [0.25, 0.3) is 0 Å². The lowest BCUT2D eigenvalue weighted by Crippen LogP contribution is -2.40. The van der Waals surface area contributed by atoms with Crippen molar-refractivity contribution in [1.29, 1.82) is 0 Å². The Kier molecular flexibility index (Phi) is 12.7. The Bertz CT molecular complexity index is 597. The first-order valence-corrected chi connectivity index (χ1v) is 11.1. The summed E-state index contributed by atoms with van der Waals surface area (Å²) in [6, 6.07) is 10.4. The van der Waals surface area contributed by atoms with Gasteiger partial charge < -0.3 is 24.4 Å². The lowest BCUT2D eigenvalue weighted by Gasteiger charge is -2.23. The number of rotatable bonds is 10. The van der Waals surface area contributed by atoms with Crippen molar-refractivity contribution in [2.75, 3.05) is 59.7 Å². The summed E-state index contributed by atoms with van der Waals surface area (Å²) in [6.07, 6.45) is 4.43. The van der Waals surface area contributed by atoms with Gasteiger partial charge in [0.05, 0.1) is 13.2 Å². The molecule has 1 N–H and O–H groups in total. The van der Waals surface area contributed by atoms with Gasteiger partial charge >= 0.3 is 0 Å². The maximum Gasteiger partial charge on any atom is 0.193 e. The molecular formula is C23H38IN3O3. The molecule has 2 aliphatic heterocycles. The molecule has 2 fully saturated rings. The highest BCUT2D eigenvalue weighted by atomic mass is 127. The number of hydrogen-bond donors (Lipinski definition) is 1. The quantitative estimate of drug-likeness (QED) is 0.217. The zero-order valence-electron chi connectivity index (χ0n) is 18.3. The smallest absolute Gasteiger partial charge is 0.193 e. The molecule has 0 aliphatic carbocycles. The van der Waals surface area contributed by atoms with Gasteiger partial charge in [-0.25, -0.2) is 0 Å². The van der Waals surface area contributed by atoms with E-state index < -0.39 is 0 Å². The van der Waals surface area contributed by atoms with Crippen molar-refractivity contribution in [2.45, 2.75) is 32.3 Å². The van der Waals surface area contributed by atoms with Crippen LogP contribution in [0.5, 0.6) is 0 Å². The minimum Gasteiger partial charge on any atom is -0.381 e. The van der Waals surface area contributed by atoms with Crippen LogP contribution in [0.4, 0.5) is 0 Å². The van der Waals surface area contributed by atoms with Crippen LogP contribution >= 0.6 is 24.0 Å². The van der Waals surface area contributed by atoms with E-state index in [9.17, 15) is 0 Å². The third-order valence-corrected chi connectivity index (χ3v) is 5.71. The minimum atomic E-state index is 0. The summed E-state index contributed by atoms with van der Waals surface area (Å²) in [5.41, 5.74) is 1.24. The largest absolute Gasteiger partial charge is 0.381 e. The minimum absolute atomic E-state index is 0. The molecule has 0 amide bonds. The van der Waals surface area contributed by atoms with Crippen molar-refractivity contribution in [1.82, 2.24) is 10.2 Å². The number of nitrogens with one attached hydrogen (secondary N) is 1. The Hall–Kier alpha value is -0.900. The second kappa shape index (κ2) is 15.0. The maximum atomic E-state index is 5.93. The normalized spacial score (nSPS) is 20.2. The van der Waals surface area contributed by atoms with Crippen LogP contribution in [0, 0.1) is 11.8 Å². The molecule has 0 bridgehead atoms. The Labute approximate surface area is 198 Å². The average Bonchev–Trinajstić information content (AvgIpc) is 3.23. The van der Waals surface area contributed by atoms with Crippen LogP contribution in [0.3, 0.4) is 0 Å². The summed E-state index contributed by atoms with van der Waals surface area (Å²) in [5, 5.41) is 3.49. The molecule has 0 spiro atoms. The molecule has 3 rings (SSSR count). The highest BCUT2D eigenvalue weighted by Gasteiger charge is 2.24. The summed E-state index contributed by atoms with van der Waals surface area (Å²) in [4.78, 5) is 6.81. The summed E-state index contributed by atoms with van der Waals surface area (Å²) in [7, 11) is 1.86. The maximum absolute atomic E-state index is 5.93. The van der Waals surface area contributed by atoms with Crippen molar-refractivity contribution in [3.8, 4) is 0 Å². The molecule has 2 aliphatic rings. The molecule has 1 aromatic carbocycles. The monoisotopic (exact) mass is 531 g/mol. The van der Waals surface area contributed by atoms with E-state index in [2.05, 4.69) is 39.5 Å². The third-order valence-electron chi connectivity index (χ3n) is 5.71. The summed E-state index contributed by atoms with van der Waals surface area (Å²) in [6.45, 7) is 7.90. The SMILES string of the molecule is CN=C(NCCCOCC1CCOCC1)N1CCC(COCc2ccccc2)C1.I. The van der Waals surface area contributed by atoms with Crippen LogP contribution in [0.1, 0.15) is 31.2 Å². The van der Waals surface area contributed by atoms with Gasteiger partial charge in [-0.05, 0) is 37.2 Å². The zero-order valence-corrected chi connectivity index (χ0v) is 20.6. The molecule has 1 atom stereocenters. The van der Waals surface area contributed by atoms with E-state index in [1.54, 1.807) is 0 Å². The topological polar surface area (TPSA) is 55.3 Å². The van der Waals surface area contributed by atoms with Crippen LogP contribution in [0.25, 0.3) is 0 Å². The molecule has 0 radical (unpaired) electrons. The van der Waals surface area contributed by atoms with Crippen LogP contribution in [0.15, 0.2) is 35.3 Å². The summed E-state index contributed by atoms with van der Waals surface area (Å²) < 4.78 is 17.2. The molecule has 2 saturated heterocycles. The van der Waals surface area contributed by atoms with Crippen molar-refractivity contribution in [3.63, 3.8) is 0 Å². The number of guanidine groups is 1. The second-order valence-electron chi connectivity index (χ2n) is 8.06. The van der Waals surface area contributed by atoms with E-state index in [0.29, 0.717) is 18.4 Å². The molecule has 170 valence electrons. The molecule has 6 nitrogen and oxygen atoms in total. The lowest BCUT2D eigenvalue weighted by atomic mass is 10.0. The fraction of sp³-hybridized carbons (Fsp3) is 0.696. The number of halogens is 1. The highest BCUT2D eigenvalue weighted by molar-refractivity contribution is 14.0. The van der Waals surface area contributed by atoms with Crippen LogP contribution < -0.4 is 5.32 Å². The van der Waals surface area contributed by atoms with Gasteiger partial charge in [0, 0.05) is 59.0 Å². The predicted octanol–water partition coefficient (Wildman–Crippen LogP) is 3.55. The molecule has 1 unspecified atom stereocenters. The molecular weight excluding hydrogens is 493 g/mol. The van der Waals surface area contributed by atoms with E-state index in [1.807, 2.05) is 13.1 Å². The van der Waals surface area contributed by atoms with Crippen molar-refractivity contribution in [3.05, 3.63) is 35.9 Å². The Morgan fingerprint density at radius 3 is 2.63 bits per heavy atom. The van der Waals surface area contributed by atoms with Gasteiger partial charge in [0.1, 0.15) is 0 Å². The summed E-state index contributed by atoms with van der Waals surface area (Å²) >= 11 is 0. The fourth-order valence-electron chi connectivity index (χ4n) is 3.95. The highest BCUT2D eigenvalue weighted by Crippen LogP contribution is 2.17. The van der Waals surface area contributed by atoms with Crippen molar-refractivity contribution in [2.24, 2.45) is 16.8 Å². The van der Waals surface area contributed by atoms with E-state index in [0.717, 1.165) is 84.3 Å². The van der Waals surface area contributed by atoms with Crippen molar-refractivity contribution < 1.29 is 14.2 Å². The van der Waals surface area contributed by atoms with E-state index in [4.69, 9.17) is 14.2 Å². The van der Waals surface area contributed by atoms with Gasteiger partial charge in [0.2, 0.25) is 0 Å². The number of ether oxygens (including phenoxy) is 3. The first-order chi connectivity index (χ1) is 14.3. The Morgan fingerprint density at radius 2 is 1.87 bits per heavy atom. The zero-order chi connectivity index (χ0) is 20.2. The van der Waals surface area contributed by atoms with E-state index >= 15 is 0 Å². The van der Waals surface area contributed by atoms with Crippen molar-refractivity contribution >= 4 is 29.9 Å². The molecule has 2 heterocycles. The molecule has 0 saturated carbocycles. The second-order valence-corrected chi connectivity index (χ2v) is 8.06. The first-order valence-electron chi connectivity index (χ1n) is 11.1. The van der Waals surface area contributed by atoms with E-state index in [-0.39, 0.29) is 24.0 Å². The van der Waals surface area contributed by atoms with Gasteiger partial charge in [-0.15, -0.1) is 24.0 Å². The fourth-order valence-corrected chi connectivity index (χ4v) is 3.95. The third kappa shape index (κ3) is 9.08. The first kappa shape index (κ1) is 25.4. The lowest BCUT2D eigenvalue weighted by molar-refractivity contribution is 0.0203. The molecule has 7 heteroatoms. The number of likely N-dealkylation sites (tertiary alicyclic amines) is 1. The van der Waals surface area contributed by atoms with Gasteiger partial charge in [-0.1, -0.05) is 30.3 Å². The van der Waals surface area contributed by atoms with Gasteiger partial charge in [-0.3, -0.25) is 4.99 Å². The number of nitrogens with zero attached hydrogens (tertiary/aromatic N) is 2. The molecule has 30 heavy (non-hydrogen) atoms. The Morgan fingerprint density at radius 1 is 1.10 bits per heavy atom. The molecule has 1 aromatic rings. The van der Waals surface area contributed by atoms with Gasteiger partial charge in [0.15, 0.2) is 5.96 Å². The van der Waals surface area contributed by atoms with E-state index in [1.165, 1.54) is 5.56 Å². The van der Waals surface area contributed by atoms with Crippen LogP contribution in [0.2, 0.25) is 0 Å². The number of hydrogen-bond acceptors (Lipinski definition) is 4. The molecule has 0 aromatic heterocycles. The Balaban J connectivity index is 0.00000320. The average molecular weight is 531 g/mol. The number of benzene rings is 1. The van der Waals surface area contributed by atoms with Crippen LogP contribution in [-0.2, 0) is 20.8 Å². The summed E-state index contributed by atoms with van der Waals surface area (Å²) in [5.74, 6) is 2.25.